The van der Waals surface area contributed by atoms with Crippen molar-refractivity contribution in [2.75, 3.05) is 19.8 Å². The summed E-state index contributed by atoms with van der Waals surface area (Å²) in [5, 5.41) is 52.9. The fraction of sp³-hybridized carbons (Fsp3) is 0.950. The minimum absolute atomic E-state index is 0.108. The van der Waals surface area contributed by atoms with Gasteiger partial charge in [-0.3, -0.25) is 9.59 Å². The lowest BCUT2D eigenvalue weighted by molar-refractivity contribution is -0.330. The maximum Gasteiger partial charge on any atom is 0.303 e. The summed E-state index contributed by atoms with van der Waals surface area (Å²) in [4.78, 5) is 25.9. The second-order valence-corrected chi connectivity index (χ2v) is 18.8. The number of aliphatic hydroxyl groups is 5. The van der Waals surface area contributed by atoms with Crippen molar-refractivity contribution in [1.29, 1.82) is 0 Å². The first-order chi connectivity index (χ1) is 25.6. The van der Waals surface area contributed by atoms with Gasteiger partial charge in [0.15, 0.2) is 24.5 Å². The van der Waals surface area contributed by atoms with E-state index in [0.717, 1.165) is 52.1 Å². The van der Waals surface area contributed by atoms with Crippen molar-refractivity contribution < 1.29 is 68.3 Å². The highest BCUT2D eigenvalue weighted by Crippen LogP contribution is 2.71. The molecular weight excluding hydrogens is 704 g/mol. The smallest absolute Gasteiger partial charge is 0.303 e. The molecule has 0 aromatic carbocycles. The van der Waals surface area contributed by atoms with Crippen LogP contribution in [-0.2, 0) is 42.7 Å². The molecule has 5 unspecified atom stereocenters. The van der Waals surface area contributed by atoms with E-state index in [-0.39, 0.29) is 41.8 Å². The van der Waals surface area contributed by atoms with Crippen LogP contribution in [0.25, 0.3) is 0 Å². The van der Waals surface area contributed by atoms with E-state index in [0.29, 0.717) is 54.8 Å². The van der Waals surface area contributed by atoms with Crippen molar-refractivity contribution in [3.8, 4) is 0 Å². The number of hydrogen-bond donors (Lipinski definition) is 5. The van der Waals surface area contributed by atoms with Gasteiger partial charge < -0.3 is 58.7 Å². The fourth-order valence-corrected chi connectivity index (χ4v) is 12.9. The Labute approximate surface area is 317 Å². The summed E-state index contributed by atoms with van der Waals surface area (Å²) < 4.78 is 42.0. The highest BCUT2D eigenvalue weighted by atomic mass is 16.7. The monoisotopic (exact) mass is 766 g/mol. The maximum absolute atomic E-state index is 14.2. The summed E-state index contributed by atoms with van der Waals surface area (Å²) in [7, 11) is 0. The molecule has 14 heteroatoms. The van der Waals surface area contributed by atoms with Crippen molar-refractivity contribution in [1.82, 2.24) is 0 Å². The molecule has 8 aliphatic rings. The molecule has 0 bridgehead atoms. The van der Waals surface area contributed by atoms with Gasteiger partial charge in [0.05, 0.1) is 32.0 Å². The predicted octanol–water partition coefficient (Wildman–Crippen LogP) is 1.83. The summed E-state index contributed by atoms with van der Waals surface area (Å²) in [6.07, 6.45) is -5.09. The average molecular weight is 767 g/mol. The number of fused-ring (bicyclic) bond motifs is 7. The van der Waals surface area contributed by atoms with Crippen LogP contribution in [0.3, 0.4) is 0 Å². The van der Waals surface area contributed by atoms with Crippen molar-refractivity contribution in [3.63, 3.8) is 0 Å². The molecular formula is C40H62O14. The lowest BCUT2D eigenvalue weighted by Gasteiger charge is -2.60. The minimum Gasteiger partial charge on any atom is -0.454 e. The van der Waals surface area contributed by atoms with Crippen LogP contribution >= 0.6 is 0 Å². The second kappa shape index (κ2) is 14.5. The molecule has 54 heavy (non-hydrogen) atoms. The van der Waals surface area contributed by atoms with Crippen LogP contribution in [0.4, 0.5) is 0 Å². The van der Waals surface area contributed by atoms with Crippen LogP contribution in [0.2, 0.25) is 0 Å². The predicted molar refractivity (Wildman–Crippen MR) is 187 cm³/mol. The van der Waals surface area contributed by atoms with E-state index in [2.05, 4.69) is 27.7 Å². The number of ketones is 1. The zero-order valence-corrected chi connectivity index (χ0v) is 32.3. The zero-order chi connectivity index (χ0) is 38.5. The molecule has 4 saturated heterocycles. The topological polar surface area (TPSA) is 200 Å². The Balaban J connectivity index is 0.906. The Morgan fingerprint density at radius 2 is 1.63 bits per heavy atom. The normalized spacial score (nSPS) is 55.8. The van der Waals surface area contributed by atoms with E-state index in [1.165, 1.54) is 0 Å². The van der Waals surface area contributed by atoms with Crippen molar-refractivity contribution in [2.24, 2.45) is 52.3 Å². The zero-order valence-electron chi connectivity index (χ0n) is 32.3. The molecule has 0 aromatic heterocycles. The van der Waals surface area contributed by atoms with Gasteiger partial charge in [-0.2, -0.15) is 0 Å². The highest BCUT2D eigenvalue weighted by molar-refractivity contribution is 5.83. The van der Waals surface area contributed by atoms with E-state index in [1.807, 2.05) is 0 Å². The molecule has 4 heterocycles. The number of aliphatic hydroxyl groups excluding tert-OH is 5. The van der Waals surface area contributed by atoms with Crippen LogP contribution in [0.1, 0.15) is 92.4 Å². The number of Topliss-reactive ketones (excluding diaryl/α,β-unsaturated/α-hetero) is 1. The largest absolute Gasteiger partial charge is 0.454 e. The van der Waals surface area contributed by atoms with Gasteiger partial charge in [0, 0.05) is 31.6 Å². The Bertz CT molecular complexity index is 1400. The number of esters is 1. The minimum atomic E-state index is -1.62. The summed E-state index contributed by atoms with van der Waals surface area (Å²) in [5.74, 6) is 1.37. The molecule has 0 radical (unpaired) electrons. The maximum atomic E-state index is 14.2. The number of carbonyl (C=O) groups is 2. The number of carbonyl (C=O) groups excluding carboxylic acids is 2. The van der Waals surface area contributed by atoms with E-state index in [9.17, 15) is 35.1 Å². The SMILES string of the molecule is CC(=O)O[C@H]1[C@H](OC[C@H]2O[C@@H](O[C@H]3CC[C@]4(C)C5CC[C@@]6(C)C(CC7O[C@]8(CC[C@@H](C)CO8)[C@@H](C)C76)C5CC(=O)[C@H]4C3)[C@H](O)[C@@H](O)[C@@H]2O)OC[C@H](O)[C@@H]1O. The van der Waals surface area contributed by atoms with E-state index >= 15 is 0 Å². The Morgan fingerprint density at radius 1 is 0.870 bits per heavy atom. The van der Waals surface area contributed by atoms with Crippen molar-refractivity contribution >= 4 is 11.8 Å². The van der Waals surface area contributed by atoms with Crippen LogP contribution < -0.4 is 0 Å². The summed E-state index contributed by atoms with van der Waals surface area (Å²) in [5.41, 5.74) is -0.0689. The molecule has 0 aromatic rings. The average Bonchev–Trinajstić information content (AvgIpc) is 3.58. The Kier molecular flexibility index (Phi) is 10.6. The number of rotatable bonds is 6. The van der Waals surface area contributed by atoms with Gasteiger partial charge in [-0.1, -0.05) is 27.7 Å². The molecule has 14 nitrogen and oxygen atoms in total. The molecule has 5 N–H and O–H groups in total. The van der Waals surface area contributed by atoms with Crippen molar-refractivity contribution in [3.05, 3.63) is 0 Å². The van der Waals surface area contributed by atoms with Crippen LogP contribution in [-0.4, -0.2) is 130 Å². The third kappa shape index (κ3) is 6.42. The summed E-state index contributed by atoms with van der Waals surface area (Å²) in [6.45, 7) is 10.6. The quantitative estimate of drug-likeness (QED) is 0.194. The van der Waals surface area contributed by atoms with Gasteiger partial charge in [-0.15, -0.1) is 0 Å². The highest BCUT2D eigenvalue weighted by Gasteiger charge is 2.70. The first kappa shape index (κ1) is 39.5. The van der Waals surface area contributed by atoms with Gasteiger partial charge in [-0.25, -0.2) is 0 Å². The first-order valence-electron chi connectivity index (χ1n) is 20.5. The molecule has 8 rings (SSSR count). The second-order valence-electron chi connectivity index (χ2n) is 18.8. The van der Waals surface area contributed by atoms with Gasteiger partial charge >= 0.3 is 5.97 Å². The van der Waals surface area contributed by atoms with Crippen LogP contribution in [0.15, 0.2) is 0 Å². The van der Waals surface area contributed by atoms with E-state index < -0.39 is 73.2 Å². The molecule has 4 saturated carbocycles. The van der Waals surface area contributed by atoms with Gasteiger partial charge in [0.25, 0.3) is 0 Å². The molecule has 4 aliphatic heterocycles. The third-order valence-corrected chi connectivity index (χ3v) is 15.8. The standard InChI is InChI=1S/C40H62O14/c1-18-6-11-40(50-15-18)19(2)30-28(54-40)14-24-22-13-26(42)25-12-21(7-9-38(25,4)23(22)8-10-39(24,30)5)52-36-34(47)33(46)32(45)29(53-36)17-49-37-35(51-20(3)41)31(44)27(43)16-48-37/h18-19,21-25,27-37,43-47H,6-17H2,1-5H3/t18-,19+,21+,22?,23?,24?,25-,27+,28?,29-,30?,31+,32-,33+,34-,35-,36-,37+,38-,39+,40-/m1/s1. The third-order valence-electron chi connectivity index (χ3n) is 15.8. The molecule has 306 valence electrons. The lowest BCUT2D eigenvalue weighted by atomic mass is 9.44. The Morgan fingerprint density at radius 3 is 2.35 bits per heavy atom. The first-order valence-corrected chi connectivity index (χ1v) is 20.5. The lowest BCUT2D eigenvalue weighted by Crippen LogP contribution is -2.61. The molecule has 8 fully saturated rings. The van der Waals surface area contributed by atoms with Crippen LogP contribution in [0.5, 0.6) is 0 Å². The Hall–Kier alpha value is -1.30. The van der Waals surface area contributed by atoms with Crippen LogP contribution in [0, 0.1) is 52.3 Å². The molecule has 21 atom stereocenters. The number of ether oxygens (including phenoxy) is 7. The number of hydrogen-bond acceptors (Lipinski definition) is 14. The van der Waals surface area contributed by atoms with E-state index in [4.69, 9.17) is 33.2 Å². The van der Waals surface area contributed by atoms with Crippen molar-refractivity contribution in [2.45, 2.75) is 166 Å². The fourth-order valence-electron chi connectivity index (χ4n) is 12.9. The van der Waals surface area contributed by atoms with E-state index in [1.54, 1.807) is 0 Å². The molecule has 4 aliphatic carbocycles. The van der Waals surface area contributed by atoms with Gasteiger partial charge in [0.2, 0.25) is 0 Å². The van der Waals surface area contributed by atoms with Gasteiger partial charge in [-0.05, 0) is 85.4 Å². The molecule has 0 amide bonds. The summed E-state index contributed by atoms with van der Waals surface area (Å²) >= 11 is 0. The van der Waals surface area contributed by atoms with Gasteiger partial charge in [0.1, 0.15) is 42.4 Å². The summed E-state index contributed by atoms with van der Waals surface area (Å²) in [6, 6.07) is 0. The molecule has 1 spiro atoms.